The second-order valence-electron chi connectivity index (χ2n) is 3.99. The molecule has 0 saturated heterocycles. The van der Waals surface area contributed by atoms with Crippen LogP contribution >= 0.6 is 0 Å². The first-order valence-corrected chi connectivity index (χ1v) is 5.68. The fourth-order valence-electron chi connectivity index (χ4n) is 1.47. The number of carbonyl (C=O) groups is 2. The van der Waals surface area contributed by atoms with Crippen LogP contribution < -0.4 is 5.32 Å². The van der Waals surface area contributed by atoms with Crippen molar-refractivity contribution in [3.63, 3.8) is 0 Å². The van der Waals surface area contributed by atoms with Gasteiger partial charge in [0.05, 0.1) is 0 Å². The third kappa shape index (κ3) is 4.73. The monoisotopic (exact) mass is 262 g/mol. The van der Waals surface area contributed by atoms with Crippen molar-refractivity contribution in [2.75, 3.05) is 0 Å². The van der Waals surface area contributed by atoms with Crippen LogP contribution in [0.15, 0.2) is 35.3 Å². The van der Waals surface area contributed by atoms with E-state index in [2.05, 4.69) is 10.3 Å². The summed E-state index contributed by atoms with van der Waals surface area (Å²) >= 11 is 0. The third-order valence-electron chi connectivity index (χ3n) is 2.51. The summed E-state index contributed by atoms with van der Waals surface area (Å²) in [5.74, 6) is -1.76. The number of amides is 1. The van der Waals surface area contributed by atoms with E-state index in [4.69, 9.17) is 5.11 Å². The molecule has 1 aromatic carbocycles. The van der Waals surface area contributed by atoms with Crippen molar-refractivity contribution >= 4 is 18.0 Å². The van der Waals surface area contributed by atoms with Crippen molar-refractivity contribution in [2.45, 2.75) is 25.4 Å². The van der Waals surface area contributed by atoms with Crippen LogP contribution in [0.2, 0.25) is 0 Å². The Hall–Kier alpha value is -2.46. The molecular formula is C13H14N2O4. The fourth-order valence-corrected chi connectivity index (χ4v) is 1.47. The summed E-state index contributed by atoms with van der Waals surface area (Å²) in [6.07, 6.45) is 1.55. The smallest absolute Gasteiger partial charge is 0.325 e. The maximum absolute atomic E-state index is 11.8. The van der Waals surface area contributed by atoms with Gasteiger partial charge in [0.15, 0.2) is 0 Å². The Morgan fingerprint density at radius 1 is 1.37 bits per heavy atom. The predicted molar refractivity (Wildman–Crippen MR) is 67.3 cm³/mol. The average Bonchev–Trinajstić information content (AvgIpc) is 2.39. The molecule has 0 aromatic heterocycles. The predicted octanol–water partition coefficient (Wildman–Crippen LogP) is 0.523. The maximum atomic E-state index is 11.8. The quantitative estimate of drug-likeness (QED) is 0.577. The van der Waals surface area contributed by atoms with Gasteiger partial charge in [0, 0.05) is 6.42 Å². The molecule has 0 aliphatic rings. The van der Waals surface area contributed by atoms with Gasteiger partial charge in [0.25, 0.3) is 0 Å². The van der Waals surface area contributed by atoms with E-state index in [0.717, 1.165) is 5.56 Å². The Kier molecular flexibility index (Phi) is 5.44. The molecule has 6 heteroatoms. The maximum Gasteiger partial charge on any atom is 0.325 e. The van der Waals surface area contributed by atoms with E-state index in [0.29, 0.717) is 0 Å². The summed E-state index contributed by atoms with van der Waals surface area (Å²) in [6.45, 7) is 1.34. The number of nitrogens with one attached hydrogen (secondary N) is 1. The molecule has 0 unspecified atom stereocenters. The lowest BCUT2D eigenvalue weighted by Gasteiger charge is -2.14. The van der Waals surface area contributed by atoms with Crippen LogP contribution in [-0.2, 0) is 20.8 Å². The van der Waals surface area contributed by atoms with Crippen LogP contribution in [0.3, 0.4) is 0 Å². The zero-order chi connectivity index (χ0) is 14.3. The van der Waals surface area contributed by atoms with Crippen molar-refractivity contribution in [1.29, 1.82) is 0 Å². The first-order chi connectivity index (χ1) is 9.04. The Morgan fingerprint density at radius 2 is 2.00 bits per heavy atom. The first kappa shape index (κ1) is 14.6. The van der Waals surface area contributed by atoms with E-state index in [-0.39, 0.29) is 6.42 Å². The SMILES string of the molecule is C[C@H](NC(=O)[C@H](Cc1ccccc1)N=C=O)C(=O)O. The highest BCUT2D eigenvalue weighted by Gasteiger charge is 2.22. The molecule has 0 bridgehead atoms. The Balaban J connectivity index is 2.75. The third-order valence-corrected chi connectivity index (χ3v) is 2.51. The van der Waals surface area contributed by atoms with Gasteiger partial charge >= 0.3 is 5.97 Å². The molecule has 0 saturated carbocycles. The number of hydrogen-bond donors (Lipinski definition) is 2. The Bertz CT molecular complexity index is 495. The van der Waals surface area contributed by atoms with Crippen molar-refractivity contribution in [3.05, 3.63) is 35.9 Å². The number of carboxylic acids is 1. The number of isocyanates is 1. The molecule has 2 N–H and O–H groups in total. The average molecular weight is 262 g/mol. The van der Waals surface area contributed by atoms with Crippen molar-refractivity contribution in [3.8, 4) is 0 Å². The number of aliphatic carboxylic acids is 1. The van der Waals surface area contributed by atoms with Gasteiger partial charge in [-0.3, -0.25) is 9.59 Å². The van der Waals surface area contributed by atoms with Gasteiger partial charge in [0.1, 0.15) is 12.1 Å². The largest absolute Gasteiger partial charge is 0.480 e. The molecule has 6 nitrogen and oxygen atoms in total. The minimum absolute atomic E-state index is 0.217. The summed E-state index contributed by atoms with van der Waals surface area (Å²) in [5.41, 5.74) is 0.824. The zero-order valence-electron chi connectivity index (χ0n) is 10.4. The van der Waals surface area contributed by atoms with Crippen LogP contribution in [0.25, 0.3) is 0 Å². The molecular weight excluding hydrogens is 248 g/mol. The van der Waals surface area contributed by atoms with Crippen molar-refractivity contribution < 1.29 is 19.5 Å². The lowest BCUT2D eigenvalue weighted by Crippen LogP contribution is -2.43. The van der Waals surface area contributed by atoms with E-state index in [1.54, 1.807) is 24.3 Å². The van der Waals surface area contributed by atoms with E-state index in [1.807, 2.05) is 6.07 Å². The van der Waals surface area contributed by atoms with Crippen LogP contribution in [0.1, 0.15) is 12.5 Å². The zero-order valence-corrected chi connectivity index (χ0v) is 10.4. The normalized spacial score (nSPS) is 12.9. The van der Waals surface area contributed by atoms with Crippen molar-refractivity contribution in [1.82, 2.24) is 5.32 Å². The minimum Gasteiger partial charge on any atom is -0.480 e. The molecule has 100 valence electrons. The topological polar surface area (TPSA) is 95.8 Å². The minimum atomic E-state index is -1.15. The molecule has 0 aliphatic carbocycles. The highest BCUT2D eigenvalue weighted by Crippen LogP contribution is 2.06. The van der Waals surface area contributed by atoms with Crippen LogP contribution in [0, 0.1) is 0 Å². The summed E-state index contributed by atoms with van der Waals surface area (Å²) in [7, 11) is 0. The summed E-state index contributed by atoms with van der Waals surface area (Å²) in [6, 6.07) is 7.01. The van der Waals surface area contributed by atoms with Crippen LogP contribution in [-0.4, -0.2) is 35.1 Å². The number of benzene rings is 1. The molecule has 0 fully saturated rings. The van der Waals surface area contributed by atoms with Crippen LogP contribution in [0.4, 0.5) is 0 Å². The fraction of sp³-hybridized carbons (Fsp3) is 0.308. The highest BCUT2D eigenvalue weighted by molar-refractivity contribution is 5.87. The second kappa shape index (κ2) is 7.08. The number of rotatable bonds is 6. The molecule has 0 spiro atoms. The standard InChI is InChI=1S/C13H14N2O4/c1-9(13(18)19)15-12(17)11(14-8-16)7-10-5-3-2-4-6-10/h2-6,9,11H,7H2,1H3,(H,15,17)(H,18,19)/t9-,11-/m0/s1. The highest BCUT2D eigenvalue weighted by atomic mass is 16.4. The van der Waals surface area contributed by atoms with E-state index < -0.39 is 24.0 Å². The van der Waals surface area contributed by atoms with Gasteiger partial charge in [0.2, 0.25) is 12.0 Å². The molecule has 1 rings (SSSR count). The first-order valence-electron chi connectivity index (χ1n) is 5.68. The molecule has 2 atom stereocenters. The Labute approximate surface area is 110 Å². The summed E-state index contributed by atoms with van der Waals surface area (Å²) < 4.78 is 0. The van der Waals surface area contributed by atoms with E-state index in [9.17, 15) is 14.4 Å². The number of nitrogens with zero attached hydrogens (tertiary/aromatic N) is 1. The Morgan fingerprint density at radius 3 is 2.53 bits per heavy atom. The van der Waals surface area contributed by atoms with E-state index in [1.165, 1.54) is 13.0 Å². The number of aliphatic imine (C=N–C) groups is 1. The van der Waals surface area contributed by atoms with Gasteiger partial charge < -0.3 is 10.4 Å². The van der Waals surface area contributed by atoms with Gasteiger partial charge in [-0.25, -0.2) is 4.79 Å². The second-order valence-corrected chi connectivity index (χ2v) is 3.99. The number of hydrogen-bond acceptors (Lipinski definition) is 4. The molecule has 1 amide bonds. The van der Waals surface area contributed by atoms with Crippen LogP contribution in [0.5, 0.6) is 0 Å². The lowest BCUT2D eigenvalue weighted by atomic mass is 10.1. The summed E-state index contributed by atoms with van der Waals surface area (Å²) in [5, 5.41) is 11.0. The molecule has 0 radical (unpaired) electrons. The van der Waals surface area contributed by atoms with E-state index >= 15 is 0 Å². The van der Waals surface area contributed by atoms with Crippen molar-refractivity contribution in [2.24, 2.45) is 4.99 Å². The van der Waals surface area contributed by atoms with Gasteiger partial charge in [-0.2, -0.15) is 4.99 Å². The number of carboxylic acid groups (broad SMARTS) is 1. The summed E-state index contributed by atoms with van der Waals surface area (Å²) in [4.78, 5) is 36.2. The van der Waals surface area contributed by atoms with Gasteiger partial charge in [-0.05, 0) is 12.5 Å². The molecule has 0 heterocycles. The van der Waals surface area contributed by atoms with Gasteiger partial charge in [-0.1, -0.05) is 30.3 Å². The lowest BCUT2D eigenvalue weighted by molar-refractivity contribution is -0.141. The van der Waals surface area contributed by atoms with Gasteiger partial charge in [-0.15, -0.1) is 0 Å². The molecule has 0 aliphatic heterocycles. The molecule has 19 heavy (non-hydrogen) atoms. The number of carbonyl (C=O) groups excluding carboxylic acids is 2. The molecule has 1 aromatic rings.